The van der Waals surface area contributed by atoms with Crippen LogP contribution in [0.15, 0.2) is 9.67 Å². The summed E-state index contributed by atoms with van der Waals surface area (Å²) in [7, 11) is 0. The second-order valence-electron chi connectivity index (χ2n) is 4.14. The first-order chi connectivity index (χ1) is 7.14. The molecule has 0 radical (unpaired) electrons. The van der Waals surface area contributed by atoms with Gasteiger partial charge in [-0.3, -0.25) is 0 Å². The van der Waals surface area contributed by atoms with Crippen molar-refractivity contribution in [2.45, 2.75) is 55.3 Å². The van der Waals surface area contributed by atoms with Crippen LogP contribution in [0.3, 0.4) is 0 Å². The van der Waals surface area contributed by atoms with Gasteiger partial charge in [0.1, 0.15) is 0 Å². The molecule has 0 atom stereocenters. The predicted molar refractivity (Wildman–Crippen MR) is 75.0 cm³/mol. The van der Waals surface area contributed by atoms with Gasteiger partial charge in [0.2, 0.25) is 0 Å². The molecule has 0 aliphatic heterocycles. The van der Waals surface area contributed by atoms with Crippen LogP contribution in [0.1, 0.15) is 46.5 Å². The molecule has 0 aromatic carbocycles. The van der Waals surface area contributed by atoms with Crippen molar-refractivity contribution < 1.29 is 5.11 Å². The van der Waals surface area contributed by atoms with Gasteiger partial charge in [0.05, 0.1) is 0 Å². The maximum atomic E-state index is 9.41. The third-order valence-corrected chi connectivity index (χ3v) is 22.8. The molecular weight excluding hydrogens is 359 g/mol. The van der Waals surface area contributed by atoms with E-state index in [1.807, 2.05) is 0 Å². The summed E-state index contributed by atoms with van der Waals surface area (Å²) in [4.78, 5) is 0. The number of allylic oxidation sites excluding steroid dienone is 1. The summed E-state index contributed by atoms with van der Waals surface area (Å²) in [6.45, 7) is 6.82. The van der Waals surface area contributed by atoms with Gasteiger partial charge in [-0.25, -0.2) is 0 Å². The van der Waals surface area contributed by atoms with Gasteiger partial charge in [-0.1, -0.05) is 0 Å². The molecular formula is C12H25BrOSn. The van der Waals surface area contributed by atoms with Gasteiger partial charge < -0.3 is 0 Å². The molecule has 3 heteroatoms. The summed E-state index contributed by atoms with van der Waals surface area (Å²) in [5.41, 5.74) is 0. The van der Waals surface area contributed by atoms with Gasteiger partial charge in [0, 0.05) is 0 Å². The van der Waals surface area contributed by atoms with Crippen molar-refractivity contribution in [2.75, 3.05) is 6.61 Å². The summed E-state index contributed by atoms with van der Waals surface area (Å²) in [6.07, 6.45) is 7.29. The number of aliphatic hydroxyl groups is 1. The Morgan fingerprint density at radius 3 is 1.93 bits per heavy atom. The van der Waals surface area contributed by atoms with Gasteiger partial charge in [0.15, 0.2) is 0 Å². The first-order valence-corrected chi connectivity index (χ1v) is 18.0. The van der Waals surface area contributed by atoms with E-state index in [0.29, 0.717) is 0 Å². The number of aliphatic hydroxyl groups excluding tert-OH is 1. The van der Waals surface area contributed by atoms with Gasteiger partial charge >= 0.3 is 106 Å². The van der Waals surface area contributed by atoms with Crippen LogP contribution in [0, 0.1) is 0 Å². The minimum absolute atomic E-state index is 0.269. The van der Waals surface area contributed by atoms with Crippen molar-refractivity contribution >= 4 is 28.9 Å². The molecule has 0 heterocycles. The van der Waals surface area contributed by atoms with E-state index in [0.717, 1.165) is 0 Å². The SMILES string of the molecule is C/C=[C](\CO)[Sn]([Br])([CH2]CCC)[CH2]CCC. The molecule has 0 fully saturated rings. The van der Waals surface area contributed by atoms with Crippen molar-refractivity contribution in [1.29, 1.82) is 0 Å². The van der Waals surface area contributed by atoms with Crippen LogP contribution in [0.4, 0.5) is 0 Å². The van der Waals surface area contributed by atoms with Gasteiger partial charge in [-0.05, 0) is 0 Å². The van der Waals surface area contributed by atoms with Crippen LogP contribution in [0.25, 0.3) is 0 Å². The first kappa shape index (κ1) is 16.0. The third-order valence-electron chi connectivity index (χ3n) is 2.95. The fourth-order valence-electron chi connectivity index (χ4n) is 1.85. The topological polar surface area (TPSA) is 20.2 Å². The Hall–Kier alpha value is 0.979. The van der Waals surface area contributed by atoms with E-state index >= 15 is 0 Å². The number of unbranched alkanes of at least 4 members (excludes halogenated alkanes) is 2. The third kappa shape index (κ3) is 5.73. The molecule has 90 valence electrons. The van der Waals surface area contributed by atoms with Crippen molar-refractivity contribution in [2.24, 2.45) is 0 Å². The molecule has 0 amide bonds. The fraction of sp³-hybridized carbons (Fsp3) is 0.833. The molecule has 1 N–H and O–H groups in total. The molecule has 0 rings (SSSR count). The van der Waals surface area contributed by atoms with Crippen LogP contribution in [-0.2, 0) is 0 Å². The molecule has 0 unspecified atom stereocenters. The molecule has 0 aromatic rings. The fourth-order valence-corrected chi connectivity index (χ4v) is 18.0. The van der Waals surface area contributed by atoms with Crippen LogP contribution in [0.5, 0.6) is 0 Å². The second kappa shape index (κ2) is 9.06. The van der Waals surface area contributed by atoms with Crippen molar-refractivity contribution in [3.63, 3.8) is 0 Å². The second-order valence-corrected chi connectivity index (χ2v) is 24.5. The molecule has 0 bridgehead atoms. The number of halogens is 1. The Kier molecular flexibility index (Phi) is 9.65. The van der Waals surface area contributed by atoms with Crippen LogP contribution >= 0.6 is 12.7 Å². The molecule has 0 spiro atoms. The van der Waals surface area contributed by atoms with Gasteiger partial charge in [-0.15, -0.1) is 0 Å². The summed E-state index contributed by atoms with van der Waals surface area (Å²) in [5.74, 6) is 0. The van der Waals surface area contributed by atoms with Crippen molar-refractivity contribution in [3.05, 3.63) is 9.67 Å². The predicted octanol–water partition coefficient (Wildman–Crippen LogP) is 4.40. The zero-order valence-electron chi connectivity index (χ0n) is 10.4. The van der Waals surface area contributed by atoms with Crippen molar-refractivity contribution in [1.82, 2.24) is 0 Å². The summed E-state index contributed by atoms with van der Waals surface area (Å²) >= 11 is 1.77. The molecule has 1 nitrogen and oxygen atoms in total. The Labute approximate surface area is 105 Å². The van der Waals surface area contributed by atoms with E-state index in [9.17, 15) is 5.11 Å². The van der Waals surface area contributed by atoms with Gasteiger partial charge in [-0.2, -0.15) is 0 Å². The standard InChI is InChI=1S/C4H7O.2C4H9.BrH.Sn/c1-2-3-4-5;2*1-3-4-2;;/h2,5H,4H2,1H3;2*1,3-4H2,2H3;1H;/q;;;;+1/p-1. The molecule has 0 aliphatic rings. The molecule has 15 heavy (non-hydrogen) atoms. The van der Waals surface area contributed by atoms with E-state index in [1.54, 1.807) is 0 Å². The average molecular weight is 384 g/mol. The molecule has 0 aliphatic carbocycles. The number of rotatable bonds is 8. The van der Waals surface area contributed by atoms with E-state index < -0.39 is 16.2 Å². The normalized spacial score (nSPS) is 13.3. The van der Waals surface area contributed by atoms with Crippen LogP contribution in [-0.4, -0.2) is 27.9 Å². The van der Waals surface area contributed by atoms with E-state index in [1.165, 1.54) is 38.1 Å². The Morgan fingerprint density at radius 2 is 1.67 bits per heavy atom. The molecule has 0 saturated carbocycles. The summed E-state index contributed by atoms with van der Waals surface area (Å²) in [6, 6.07) is 0. The minimum atomic E-state index is -2.29. The maximum absolute atomic E-state index is 9.41. The summed E-state index contributed by atoms with van der Waals surface area (Å²) < 4.78 is 4.03. The van der Waals surface area contributed by atoms with Crippen molar-refractivity contribution in [3.8, 4) is 0 Å². The zero-order chi connectivity index (χ0) is 11.7. The first-order valence-electron chi connectivity index (χ1n) is 6.10. The summed E-state index contributed by atoms with van der Waals surface area (Å²) in [5, 5.41) is 9.41. The van der Waals surface area contributed by atoms with E-state index in [-0.39, 0.29) is 6.61 Å². The zero-order valence-corrected chi connectivity index (χ0v) is 14.8. The monoisotopic (exact) mass is 384 g/mol. The van der Waals surface area contributed by atoms with E-state index in [4.69, 9.17) is 0 Å². The van der Waals surface area contributed by atoms with Gasteiger partial charge in [0.25, 0.3) is 0 Å². The molecule has 0 aromatic heterocycles. The van der Waals surface area contributed by atoms with Crippen LogP contribution < -0.4 is 0 Å². The quantitative estimate of drug-likeness (QED) is 0.616. The Bertz CT molecular complexity index is 184. The Balaban J connectivity index is 4.51. The number of hydrogen-bond acceptors (Lipinski definition) is 1. The molecule has 0 saturated heterocycles. The van der Waals surface area contributed by atoms with Crippen LogP contribution in [0.2, 0.25) is 8.87 Å². The average Bonchev–Trinajstić information content (AvgIpc) is 2.25. The Morgan fingerprint density at radius 1 is 1.20 bits per heavy atom. The number of hydrogen-bond donors (Lipinski definition) is 1. The van der Waals surface area contributed by atoms with E-state index in [2.05, 4.69) is 39.6 Å².